The van der Waals surface area contributed by atoms with E-state index in [2.05, 4.69) is 10.6 Å². The Kier molecular flexibility index (Phi) is 7.37. The van der Waals surface area contributed by atoms with Gasteiger partial charge in [0.15, 0.2) is 6.61 Å². The zero-order valence-corrected chi connectivity index (χ0v) is 15.4. The summed E-state index contributed by atoms with van der Waals surface area (Å²) in [5.41, 5.74) is 6.30. The number of esters is 1. The molecule has 0 aliphatic rings. The molecule has 28 heavy (non-hydrogen) atoms. The van der Waals surface area contributed by atoms with Gasteiger partial charge in [-0.1, -0.05) is 41.9 Å². The zero-order valence-electron chi connectivity index (χ0n) is 14.6. The van der Waals surface area contributed by atoms with Crippen LogP contribution in [0.15, 0.2) is 48.5 Å². The third kappa shape index (κ3) is 6.30. The fraction of sp³-hybridized carbons (Fsp3) is 0.158. The zero-order chi connectivity index (χ0) is 20.5. The number of rotatable bonds is 7. The van der Waals surface area contributed by atoms with E-state index in [1.807, 2.05) is 12.1 Å². The number of carbonyl (C=O) groups is 3. The molecule has 0 aromatic heterocycles. The van der Waals surface area contributed by atoms with Crippen molar-refractivity contribution in [3.63, 3.8) is 0 Å². The van der Waals surface area contributed by atoms with E-state index >= 15 is 0 Å². The molecular weight excluding hydrogens is 384 g/mol. The van der Waals surface area contributed by atoms with Crippen LogP contribution in [0.3, 0.4) is 0 Å². The molecular formula is C19H17ClN4O4. The van der Waals surface area contributed by atoms with Gasteiger partial charge in [-0.2, -0.15) is 5.26 Å². The van der Waals surface area contributed by atoms with Gasteiger partial charge in [0.25, 0.3) is 5.91 Å². The predicted molar refractivity (Wildman–Crippen MR) is 102 cm³/mol. The fourth-order valence-electron chi connectivity index (χ4n) is 2.36. The first-order valence-corrected chi connectivity index (χ1v) is 8.53. The van der Waals surface area contributed by atoms with Crippen LogP contribution in [0, 0.1) is 11.3 Å². The number of halogens is 1. The number of nitrogens with one attached hydrogen (secondary N) is 2. The molecule has 0 fully saturated rings. The lowest BCUT2D eigenvalue weighted by atomic mass is 10.1. The van der Waals surface area contributed by atoms with E-state index in [4.69, 9.17) is 27.3 Å². The number of hydrogen-bond donors (Lipinski definition) is 3. The van der Waals surface area contributed by atoms with Crippen molar-refractivity contribution in [2.75, 3.05) is 11.9 Å². The summed E-state index contributed by atoms with van der Waals surface area (Å²) in [5, 5.41) is 14.1. The van der Waals surface area contributed by atoms with Crippen molar-refractivity contribution in [3.8, 4) is 6.07 Å². The molecule has 0 radical (unpaired) electrons. The third-order valence-corrected chi connectivity index (χ3v) is 3.84. The molecule has 4 N–H and O–H groups in total. The summed E-state index contributed by atoms with van der Waals surface area (Å²) in [6, 6.07) is 13.3. The first-order chi connectivity index (χ1) is 13.4. The van der Waals surface area contributed by atoms with Gasteiger partial charge in [0.2, 0.25) is 0 Å². The summed E-state index contributed by atoms with van der Waals surface area (Å²) in [5.74, 6) is -1.48. The maximum absolute atomic E-state index is 12.3. The Hall–Kier alpha value is -3.57. The molecule has 0 saturated heterocycles. The molecule has 2 aromatic carbocycles. The summed E-state index contributed by atoms with van der Waals surface area (Å²) >= 11 is 5.85. The minimum absolute atomic E-state index is 0.150. The average molecular weight is 401 g/mol. The molecule has 0 aliphatic heterocycles. The highest BCUT2D eigenvalue weighted by molar-refractivity contribution is 6.31. The fourth-order valence-corrected chi connectivity index (χ4v) is 2.53. The molecule has 1 atom stereocenters. The van der Waals surface area contributed by atoms with Crippen LogP contribution in [0.1, 0.15) is 11.1 Å². The van der Waals surface area contributed by atoms with E-state index < -0.39 is 30.6 Å². The Bertz CT molecular complexity index is 912. The Balaban J connectivity index is 1.97. The number of anilines is 1. The van der Waals surface area contributed by atoms with Gasteiger partial charge in [-0.15, -0.1) is 0 Å². The van der Waals surface area contributed by atoms with E-state index in [9.17, 15) is 14.4 Å². The van der Waals surface area contributed by atoms with Gasteiger partial charge in [-0.25, -0.2) is 9.59 Å². The Morgan fingerprint density at radius 3 is 2.54 bits per heavy atom. The van der Waals surface area contributed by atoms with Gasteiger partial charge in [-0.3, -0.25) is 4.79 Å². The van der Waals surface area contributed by atoms with Crippen LogP contribution in [0.4, 0.5) is 10.5 Å². The topological polar surface area (TPSA) is 134 Å². The van der Waals surface area contributed by atoms with Crippen molar-refractivity contribution < 1.29 is 19.1 Å². The number of urea groups is 1. The van der Waals surface area contributed by atoms with Crippen LogP contribution >= 0.6 is 11.6 Å². The first kappa shape index (κ1) is 20.7. The number of benzene rings is 2. The normalized spacial score (nSPS) is 11.0. The molecule has 8 nitrogen and oxygen atoms in total. The molecule has 144 valence electrons. The van der Waals surface area contributed by atoms with Crippen LogP contribution in [0.5, 0.6) is 0 Å². The predicted octanol–water partition coefficient (Wildman–Crippen LogP) is 1.97. The van der Waals surface area contributed by atoms with Crippen LogP contribution in [-0.4, -0.2) is 30.6 Å². The number of ether oxygens (including phenoxy) is 1. The average Bonchev–Trinajstić information content (AvgIpc) is 2.66. The lowest BCUT2D eigenvalue weighted by molar-refractivity contribution is -0.149. The Morgan fingerprint density at radius 1 is 1.18 bits per heavy atom. The molecule has 3 amide bonds. The number of nitrogens with two attached hydrogens (primary N) is 1. The maximum atomic E-state index is 12.3. The maximum Gasteiger partial charge on any atom is 0.329 e. The molecule has 0 bridgehead atoms. The number of carbonyl (C=O) groups excluding carboxylic acids is 3. The Labute approximate surface area is 166 Å². The number of nitrogens with zero attached hydrogens (tertiary/aromatic N) is 1. The van der Waals surface area contributed by atoms with E-state index in [0.717, 1.165) is 5.56 Å². The van der Waals surface area contributed by atoms with Crippen LogP contribution < -0.4 is 16.4 Å². The highest BCUT2D eigenvalue weighted by Gasteiger charge is 2.23. The van der Waals surface area contributed by atoms with Crippen molar-refractivity contribution in [3.05, 3.63) is 64.7 Å². The van der Waals surface area contributed by atoms with Crippen molar-refractivity contribution in [1.29, 1.82) is 5.26 Å². The molecule has 2 rings (SSSR count). The molecule has 9 heteroatoms. The van der Waals surface area contributed by atoms with Gasteiger partial charge < -0.3 is 21.1 Å². The summed E-state index contributed by atoms with van der Waals surface area (Å²) in [6.07, 6.45) is 0.150. The standard InChI is InChI=1S/C19H17ClN4O4/c20-14-7-6-13(10-21)15(9-14)23-17(25)11-28-18(26)16(24-19(22)27)8-12-4-2-1-3-5-12/h1-7,9,16H,8,11H2,(H,23,25)(H3,22,24,27)/t16-/m0/s1. The quantitative estimate of drug-likeness (QED) is 0.611. The van der Waals surface area contributed by atoms with Gasteiger partial charge in [0.05, 0.1) is 11.3 Å². The summed E-state index contributed by atoms with van der Waals surface area (Å²) < 4.78 is 4.98. The minimum atomic E-state index is -1.05. The van der Waals surface area contributed by atoms with Crippen molar-refractivity contribution in [1.82, 2.24) is 5.32 Å². The second-order valence-electron chi connectivity index (χ2n) is 5.71. The highest BCUT2D eigenvalue weighted by atomic mass is 35.5. The lowest BCUT2D eigenvalue weighted by Crippen LogP contribution is -2.46. The smallest absolute Gasteiger partial charge is 0.329 e. The van der Waals surface area contributed by atoms with E-state index in [0.29, 0.717) is 5.02 Å². The molecule has 0 aliphatic carbocycles. The van der Waals surface area contributed by atoms with Crippen LogP contribution in [-0.2, 0) is 20.7 Å². The number of primary amides is 1. The van der Waals surface area contributed by atoms with Crippen LogP contribution in [0.2, 0.25) is 5.02 Å². The lowest BCUT2D eigenvalue weighted by Gasteiger charge is -2.16. The Morgan fingerprint density at radius 2 is 1.89 bits per heavy atom. The molecule has 0 unspecified atom stereocenters. The largest absolute Gasteiger partial charge is 0.454 e. The highest BCUT2D eigenvalue weighted by Crippen LogP contribution is 2.20. The van der Waals surface area contributed by atoms with Gasteiger partial charge in [0, 0.05) is 11.4 Å². The van der Waals surface area contributed by atoms with Crippen molar-refractivity contribution >= 4 is 35.2 Å². The van der Waals surface area contributed by atoms with Crippen LogP contribution in [0.25, 0.3) is 0 Å². The first-order valence-electron chi connectivity index (χ1n) is 8.15. The third-order valence-electron chi connectivity index (χ3n) is 3.61. The summed E-state index contributed by atoms with van der Waals surface area (Å²) in [4.78, 5) is 35.5. The molecule has 0 saturated carbocycles. The molecule has 2 aromatic rings. The van der Waals surface area contributed by atoms with Crippen molar-refractivity contribution in [2.45, 2.75) is 12.5 Å². The second kappa shape index (κ2) is 9.94. The van der Waals surface area contributed by atoms with E-state index in [1.165, 1.54) is 18.2 Å². The van der Waals surface area contributed by atoms with Gasteiger partial charge in [-0.05, 0) is 23.8 Å². The molecule has 0 heterocycles. The monoisotopic (exact) mass is 400 g/mol. The SMILES string of the molecule is N#Cc1ccc(Cl)cc1NC(=O)COC(=O)[C@H](Cc1ccccc1)NC(N)=O. The van der Waals surface area contributed by atoms with E-state index in [1.54, 1.807) is 24.3 Å². The number of nitriles is 1. The number of amides is 3. The van der Waals surface area contributed by atoms with Crippen molar-refractivity contribution in [2.24, 2.45) is 5.73 Å². The summed E-state index contributed by atoms with van der Waals surface area (Å²) in [6.45, 7) is -0.609. The van der Waals surface area contributed by atoms with E-state index in [-0.39, 0.29) is 17.7 Å². The van der Waals surface area contributed by atoms with Gasteiger partial charge in [0.1, 0.15) is 12.1 Å². The minimum Gasteiger partial charge on any atom is -0.454 e. The summed E-state index contributed by atoms with van der Waals surface area (Å²) in [7, 11) is 0. The number of hydrogen-bond acceptors (Lipinski definition) is 5. The second-order valence-corrected chi connectivity index (χ2v) is 6.14. The molecule has 0 spiro atoms. The van der Waals surface area contributed by atoms with Gasteiger partial charge >= 0.3 is 12.0 Å².